The number of hydrogen-bond donors (Lipinski definition) is 0. The van der Waals surface area contributed by atoms with E-state index in [0.717, 1.165) is 72.0 Å². The molecule has 0 fully saturated rings. The number of hydrogen-bond acceptors (Lipinski definition) is 4. The first-order valence-electron chi connectivity index (χ1n) is 16.4. The van der Waals surface area contributed by atoms with Crippen LogP contribution in [0, 0.1) is 0 Å². The molecule has 0 aliphatic carbocycles. The first-order valence-corrected chi connectivity index (χ1v) is 16.4. The fraction of sp³-hybridized carbons (Fsp3) is 0. The molecule has 9 rings (SSSR count). The number of rotatable bonds is 6. The third kappa shape index (κ3) is 5.35. The summed E-state index contributed by atoms with van der Waals surface area (Å²) in [4.78, 5) is 14.6. The molecule has 2 aromatic heterocycles. The van der Waals surface area contributed by atoms with Gasteiger partial charge in [0, 0.05) is 38.6 Å². The Morgan fingerprint density at radius 3 is 1.20 bits per heavy atom. The molecule has 0 amide bonds. The van der Waals surface area contributed by atoms with Crippen molar-refractivity contribution in [3.8, 4) is 67.5 Å². The number of nitrogens with zero attached hydrogens (tertiary/aromatic N) is 3. The van der Waals surface area contributed by atoms with Gasteiger partial charge in [0.15, 0.2) is 17.5 Å². The first kappa shape index (κ1) is 28.6. The van der Waals surface area contributed by atoms with Gasteiger partial charge in [0.2, 0.25) is 0 Å². The Morgan fingerprint density at radius 2 is 0.673 bits per heavy atom. The van der Waals surface area contributed by atoms with Gasteiger partial charge in [0.1, 0.15) is 11.2 Å². The lowest BCUT2D eigenvalue weighted by atomic mass is 9.97. The summed E-state index contributed by atoms with van der Waals surface area (Å²) in [7, 11) is 0. The van der Waals surface area contributed by atoms with Gasteiger partial charge >= 0.3 is 0 Å². The number of para-hydroxylation sites is 2. The van der Waals surface area contributed by atoms with Crippen molar-refractivity contribution >= 4 is 21.9 Å². The normalized spacial score (nSPS) is 11.3. The smallest absolute Gasteiger partial charge is 0.164 e. The van der Waals surface area contributed by atoms with E-state index in [1.165, 1.54) is 0 Å². The highest BCUT2D eigenvalue weighted by Gasteiger charge is 2.16. The van der Waals surface area contributed by atoms with Crippen LogP contribution >= 0.6 is 0 Å². The monoisotopic (exact) mass is 627 g/mol. The van der Waals surface area contributed by atoms with Crippen LogP contribution in [-0.2, 0) is 0 Å². The van der Waals surface area contributed by atoms with E-state index in [2.05, 4.69) is 109 Å². The molecule has 0 N–H and O–H groups in total. The van der Waals surface area contributed by atoms with Crippen LogP contribution in [0.4, 0.5) is 0 Å². The summed E-state index contributed by atoms with van der Waals surface area (Å²) in [5.74, 6) is 1.94. The minimum absolute atomic E-state index is 0.638. The quantitative estimate of drug-likeness (QED) is 0.184. The Labute approximate surface area is 284 Å². The fourth-order valence-corrected chi connectivity index (χ4v) is 6.51. The van der Waals surface area contributed by atoms with Crippen molar-refractivity contribution in [3.05, 3.63) is 176 Å². The molecule has 4 nitrogen and oxygen atoms in total. The zero-order chi connectivity index (χ0) is 32.6. The Hall–Kier alpha value is -6.65. The van der Waals surface area contributed by atoms with E-state index in [4.69, 9.17) is 19.4 Å². The maximum Gasteiger partial charge on any atom is 0.164 e. The van der Waals surface area contributed by atoms with Crippen LogP contribution in [0.25, 0.3) is 89.5 Å². The summed E-state index contributed by atoms with van der Waals surface area (Å²) >= 11 is 0. The molecule has 2 heterocycles. The van der Waals surface area contributed by atoms with Gasteiger partial charge in [-0.05, 0) is 28.3 Å². The van der Waals surface area contributed by atoms with E-state index < -0.39 is 0 Å². The summed E-state index contributed by atoms with van der Waals surface area (Å²) in [5, 5.41) is 2.23. The molecule has 230 valence electrons. The van der Waals surface area contributed by atoms with Gasteiger partial charge in [-0.1, -0.05) is 170 Å². The second kappa shape index (κ2) is 12.2. The molecule has 0 aliphatic rings. The van der Waals surface area contributed by atoms with Gasteiger partial charge in [-0.15, -0.1) is 0 Å². The van der Waals surface area contributed by atoms with Crippen LogP contribution in [0.5, 0.6) is 0 Å². The van der Waals surface area contributed by atoms with Gasteiger partial charge in [-0.3, -0.25) is 0 Å². The predicted molar refractivity (Wildman–Crippen MR) is 200 cm³/mol. The zero-order valence-electron chi connectivity index (χ0n) is 26.5. The fourth-order valence-electron chi connectivity index (χ4n) is 6.51. The molecule has 0 aliphatic heterocycles. The third-order valence-corrected chi connectivity index (χ3v) is 8.96. The second-order valence-corrected chi connectivity index (χ2v) is 12.0. The van der Waals surface area contributed by atoms with Crippen LogP contribution in [-0.4, -0.2) is 15.0 Å². The van der Waals surface area contributed by atoms with Gasteiger partial charge < -0.3 is 4.42 Å². The molecular formula is C45H29N3O. The van der Waals surface area contributed by atoms with E-state index >= 15 is 0 Å². The van der Waals surface area contributed by atoms with Crippen LogP contribution in [0.3, 0.4) is 0 Å². The maximum absolute atomic E-state index is 6.70. The largest absolute Gasteiger partial charge is 0.455 e. The molecule has 0 saturated heterocycles. The molecule has 0 atom stereocenters. The highest BCUT2D eigenvalue weighted by Crippen LogP contribution is 2.40. The van der Waals surface area contributed by atoms with Crippen molar-refractivity contribution in [3.63, 3.8) is 0 Å². The highest BCUT2D eigenvalue weighted by molar-refractivity contribution is 6.13. The summed E-state index contributed by atoms with van der Waals surface area (Å²) < 4.78 is 6.70. The SMILES string of the molecule is c1ccc(-c2nc(-c3ccccc3)nc(-c3ccc(-c4cccc(-c5cccc6c5oc5c(-c7ccccc7)cccc56)c4)cc3)n2)cc1. The number of fused-ring (bicyclic) bond motifs is 3. The summed E-state index contributed by atoms with van der Waals surface area (Å²) in [6, 6.07) is 60.4. The second-order valence-electron chi connectivity index (χ2n) is 12.0. The molecule has 0 spiro atoms. The van der Waals surface area contributed by atoms with E-state index in [0.29, 0.717) is 17.5 Å². The van der Waals surface area contributed by atoms with Crippen LogP contribution < -0.4 is 0 Å². The first-order chi connectivity index (χ1) is 24.3. The van der Waals surface area contributed by atoms with Crippen LogP contribution in [0.1, 0.15) is 0 Å². The third-order valence-electron chi connectivity index (χ3n) is 8.96. The van der Waals surface area contributed by atoms with Gasteiger partial charge in [0.05, 0.1) is 0 Å². The van der Waals surface area contributed by atoms with E-state index in [1.807, 2.05) is 66.7 Å². The topological polar surface area (TPSA) is 51.8 Å². The molecular weight excluding hydrogens is 599 g/mol. The molecule has 7 aromatic carbocycles. The van der Waals surface area contributed by atoms with E-state index in [-0.39, 0.29) is 0 Å². The van der Waals surface area contributed by atoms with Crippen LogP contribution in [0.2, 0.25) is 0 Å². The molecule has 4 heteroatoms. The predicted octanol–water partition coefficient (Wildman–Crippen LogP) is 11.8. The van der Waals surface area contributed by atoms with Crippen molar-refractivity contribution in [2.24, 2.45) is 0 Å². The summed E-state index contributed by atoms with van der Waals surface area (Å²) in [6.07, 6.45) is 0. The Kier molecular flexibility index (Phi) is 7.10. The molecule has 49 heavy (non-hydrogen) atoms. The minimum atomic E-state index is 0.638. The average Bonchev–Trinajstić information content (AvgIpc) is 3.58. The van der Waals surface area contributed by atoms with Gasteiger partial charge in [-0.2, -0.15) is 0 Å². The molecule has 0 bridgehead atoms. The summed E-state index contributed by atoms with van der Waals surface area (Å²) in [6.45, 7) is 0. The Bertz CT molecular complexity index is 2520. The number of furan rings is 1. The Morgan fingerprint density at radius 1 is 0.286 bits per heavy atom. The zero-order valence-corrected chi connectivity index (χ0v) is 26.5. The van der Waals surface area contributed by atoms with E-state index in [1.54, 1.807) is 0 Å². The van der Waals surface area contributed by atoms with Crippen molar-refractivity contribution in [1.82, 2.24) is 15.0 Å². The number of aromatic nitrogens is 3. The van der Waals surface area contributed by atoms with Crippen molar-refractivity contribution < 1.29 is 4.42 Å². The molecule has 9 aromatic rings. The molecule has 0 saturated carbocycles. The van der Waals surface area contributed by atoms with Crippen molar-refractivity contribution in [1.29, 1.82) is 0 Å². The maximum atomic E-state index is 6.70. The lowest BCUT2D eigenvalue weighted by Gasteiger charge is -2.10. The lowest BCUT2D eigenvalue weighted by molar-refractivity contribution is 0.671. The van der Waals surface area contributed by atoms with Crippen molar-refractivity contribution in [2.75, 3.05) is 0 Å². The van der Waals surface area contributed by atoms with Crippen molar-refractivity contribution in [2.45, 2.75) is 0 Å². The molecule has 0 unspecified atom stereocenters. The van der Waals surface area contributed by atoms with Gasteiger partial charge in [0.25, 0.3) is 0 Å². The van der Waals surface area contributed by atoms with E-state index in [9.17, 15) is 0 Å². The lowest BCUT2D eigenvalue weighted by Crippen LogP contribution is -2.00. The molecule has 0 radical (unpaired) electrons. The average molecular weight is 628 g/mol. The number of benzene rings is 7. The minimum Gasteiger partial charge on any atom is -0.455 e. The van der Waals surface area contributed by atoms with Gasteiger partial charge in [-0.25, -0.2) is 15.0 Å². The summed E-state index contributed by atoms with van der Waals surface area (Å²) in [5.41, 5.74) is 11.3. The van der Waals surface area contributed by atoms with Crippen LogP contribution in [0.15, 0.2) is 180 Å². The highest BCUT2D eigenvalue weighted by atomic mass is 16.3. The Balaban J connectivity index is 1.09. The standard InChI is InChI=1S/C45H29N3O/c1-4-13-31(14-5-1)37-21-11-23-39-40-24-12-22-38(42(40)49-41(37)39)36-20-10-19-35(29-36)30-25-27-34(28-26-30)45-47-43(32-15-6-2-7-16-32)46-44(48-45)33-17-8-3-9-18-33/h1-29H.